The van der Waals surface area contributed by atoms with Crippen LogP contribution in [0.5, 0.6) is 0 Å². The molecule has 0 radical (unpaired) electrons. The van der Waals surface area contributed by atoms with Crippen molar-refractivity contribution in [3.05, 3.63) is 60.4 Å². The number of carbonyl (C=O) groups is 1. The van der Waals surface area contributed by atoms with Gasteiger partial charge < -0.3 is 9.52 Å². The quantitative estimate of drug-likeness (QED) is 0.325. The van der Waals surface area contributed by atoms with Gasteiger partial charge in [-0.3, -0.25) is 4.79 Å². The van der Waals surface area contributed by atoms with Crippen molar-refractivity contribution in [2.24, 2.45) is 5.92 Å². The molecule has 0 bridgehead atoms. The fourth-order valence-electron chi connectivity index (χ4n) is 3.79. The second-order valence-electron chi connectivity index (χ2n) is 8.28. The standard InChI is InChI=1S/C24H19FN2O5S2/c1-12(2)22(24(28)29)27-34(30,31)15-5-7-17-16-6-3-13(9-19(16)32-20(17)11-15)23-26-18-8-4-14(25)10-21(18)33-23/h3-12,22,27H,1-2H3,(H,28,29)/t22-/m0/s1. The molecule has 0 fully saturated rings. The second-order valence-corrected chi connectivity index (χ2v) is 11.0. The number of carboxylic acid groups (broad SMARTS) is 1. The van der Waals surface area contributed by atoms with Gasteiger partial charge in [0.2, 0.25) is 10.0 Å². The molecule has 5 aromatic rings. The largest absolute Gasteiger partial charge is 0.480 e. The molecule has 7 nitrogen and oxygen atoms in total. The fourth-order valence-corrected chi connectivity index (χ4v) is 6.13. The van der Waals surface area contributed by atoms with Crippen LogP contribution < -0.4 is 4.72 Å². The molecule has 0 aliphatic heterocycles. The van der Waals surface area contributed by atoms with Crippen molar-refractivity contribution in [1.82, 2.24) is 9.71 Å². The Morgan fingerprint density at radius 3 is 2.47 bits per heavy atom. The first kappa shape index (κ1) is 22.5. The minimum absolute atomic E-state index is 0.0839. The summed E-state index contributed by atoms with van der Waals surface area (Å²) in [7, 11) is -4.08. The summed E-state index contributed by atoms with van der Waals surface area (Å²) in [4.78, 5) is 15.9. The lowest BCUT2D eigenvalue weighted by Gasteiger charge is -2.17. The Labute approximate surface area is 197 Å². The Morgan fingerprint density at radius 1 is 1.06 bits per heavy atom. The fraction of sp³-hybridized carbons (Fsp3) is 0.167. The van der Waals surface area contributed by atoms with Crippen molar-refractivity contribution < 1.29 is 27.1 Å². The van der Waals surface area contributed by atoms with Crippen molar-refractivity contribution in [2.75, 3.05) is 0 Å². The van der Waals surface area contributed by atoms with Gasteiger partial charge in [0.05, 0.1) is 15.1 Å². The molecule has 34 heavy (non-hydrogen) atoms. The molecule has 174 valence electrons. The molecule has 0 unspecified atom stereocenters. The summed E-state index contributed by atoms with van der Waals surface area (Å²) in [6, 6.07) is 13.2. The van der Waals surface area contributed by atoms with Crippen LogP contribution in [0.2, 0.25) is 0 Å². The van der Waals surface area contributed by atoms with Crippen molar-refractivity contribution in [1.29, 1.82) is 0 Å². The second kappa shape index (κ2) is 8.15. The molecule has 2 heterocycles. The maximum atomic E-state index is 13.5. The molecule has 10 heteroatoms. The number of furan rings is 1. The summed E-state index contributed by atoms with van der Waals surface area (Å²) in [5.74, 6) is -1.99. The van der Waals surface area contributed by atoms with Gasteiger partial charge in [-0.2, -0.15) is 4.72 Å². The highest BCUT2D eigenvalue weighted by atomic mass is 32.2. The molecule has 2 N–H and O–H groups in total. The number of benzene rings is 3. The summed E-state index contributed by atoms with van der Waals surface area (Å²) in [5.41, 5.74) is 2.40. The van der Waals surface area contributed by atoms with Gasteiger partial charge in [-0.25, -0.2) is 17.8 Å². The monoisotopic (exact) mass is 498 g/mol. The van der Waals surface area contributed by atoms with Gasteiger partial charge >= 0.3 is 5.97 Å². The summed E-state index contributed by atoms with van der Waals surface area (Å²) < 4.78 is 48.1. The van der Waals surface area contributed by atoms with Crippen LogP contribution >= 0.6 is 11.3 Å². The first-order chi connectivity index (χ1) is 16.1. The number of thiazole rings is 1. The van der Waals surface area contributed by atoms with Crippen LogP contribution in [0, 0.1) is 11.7 Å². The van der Waals surface area contributed by atoms with Crippen LogP contribution in [-0.2, 0) is 14.8 Å². The first-order valence-electron chi connectivity index (χ1n) is 10.4. The van der Waals surface area contributed by atoms with Crippen molar-refractivity contribution in [3.63, 3.8) is 0 Å². The van der Waals surface area contributed by atoms with Crippen LogP contribution in [0.3, 0.4) is 0 Å². The molecule has 2 aromatic heterocycles. The number of aromatic nitrogens is 1. The number of rotatable bonds is 6. The molecule has 1 atom stereocenters. The third kappa shape index (κ3) is 3.93. The third-order valence-corrected chi connectivity index (χ3v) is 8.07. The smallest absolute Gasteiger partial charge is 0.322 e. The number of hydrogen-bond acceptors (Lipinski definition) is 6. The number of halogens is 1. The van der Waals surface area contributed by atoms with Crippen LogP contribution in [0.15, 0.2) is 63.9 Å². The van der Waals surface area contributed by atoms with E-state index in [4.69, 9.17) is 4.42 Å². The van der Waals surface area contributed by atoms with E-state index in [9.17, 15) is 22.7 Å². The van der Waals surface area contributed by atoms with E-state index >= 15 is 0 Å². The number of nitrogens with one attached hydrogen (secondary N) is 1. The molecule has 0 aliphatic carbocycles. The predicted octanol–water partition coefficient (Wildman–Crippen LogP) is 5.39. The average molecular weight is 499 g/mol. The molecule has 3 aromatic carbocycles. The summed E-state index contributed by atoms with van der Waals surface area (Å²) in [6.45, 7) is 3.26. The summed E-state index contributed by atoms with van der Waals surface area (Å²) in [5, 5.41) is 11.6. The van der Waals surface area contributed by atoms with E-state index in [0.717, 1.165) is 21.0 Å². The third-order valence-electron chi connectivity index (χ3n) is 5.57. The van der Waals surface area contributed by atoms with E-state index in [1.807, 2.05) is 18.2 Å². The number of fused-ring (bicyclic) bond motifs is 4. The molecular formula is C24H19FN2O5S2. The van der Waals surface area contributed by atoms with Gasteiger partial charge in [0.1, 0.15) is 28.0 Å². The SMILES string of the molecule is CC(C)[C@H](NS(=O)(=O)c1ccc2c(c1)oc1cc(-c3nc4ccc(F)cc4s3)ccc12)C(=O)O. The van der Waals surface area contributed by atoms with Crippen LogP contribution in [0.1, 0.15) is 13.8 Å². The van der Waals surface area contributed by atoms with Crippen molar-refractivity contribution in [2.45, 2.75) is 24.8 Å². The molecule has 0 amide bonds. The maximum absolute atomic E-state index is 13.5. The summed E-state index contributed by atoms with van der Waals surface area (Å²) in [6.07, 6.45) is 0. The zero-order valence-corrected chi connectivity index (χ0v) is 19.7. The van der Waals surface area contributed by atoms with E-state index < -0.39 is 28.0 Å². The Morgan fingerprint density at radius 2 is 1.76 bits per heavy atom. The lowest BCUT2D eigenvalue weighted by molar-refractivity contribution is -0.140. The maximum Gasteiger partial charge on any atom is 0.322 e. The minimum atomic E-state index is -4.08. The van der Waals surface area contributed by atoms with Crippen molar-refractivity contribution in [3.8, 4) is 10.6 Å². The topological polar surface area (TPSA) is 110 Å². The Balaban J connectivity index is 1.54. The predicted molar refractivity (Wildman–Crippen MR) is 129 cm³/mol. The number of nitrogens with zero attached hydrogens (tertiary/aromatic N) is 1. The minimum Gasteiger partial charge on any atom is -0.480 e. The highest BCUT2D eigenvalue weighted by Gasteiger charge is 2.28. The Bertz CT molecular complexity index is 1690. The van der Waals surface area contributed by atoms with Crippen molar-refractivity contribution >= 4 is 59.5 Å². The molecule has 0 saturated carbocycles. The zero-order chi connectivity index (χ0) is 24.2. The zero-order valence-electron chi connectivity index (χ0n) is 18.1. The normalized spacial score (nSPS) is 13.3. The highest BCUT2D eigenvalue weighted by molar-refractivity contribution is 7.89. The molecule has 0 spiro atoms. The molecule has 0 aliphatic rings. The number of aliphatic carboxylic acids is 1. The van der Waals surface area contributed by atoms with Gasteiger partial charge in [-0.1, -0.05) is 19.9 Å². The van der Waals surface area contributed by atoms with E-state index in [2.05, 4.69) is 9.71 Å². The number of carboxylic acids is 1. The Kier molecular flexibility index (Phi) is 5.38. The Hall–Kier alpha value is -3.34. The van der Waals surface area contributed by atoms with Crippen LogP contribution in [0.4, 0.5) is 4.39 Å². The van der Waals surface area contributed by atoms with Crippen LogP contribution in [-0.4, -0.2) is 30.5 Å². The summed E-state index contributed by atoms with van der Waals surface area (Å²) >= 11 is 1.37. The van der Waals surface area contributed by atoms with E-state index in [-0.39, 0.29) is 10.7 Å². The van der Waals surface area contributed by atoms with E-state index in [1.165, 1.54) is 35.6 Å². The highest BCUT2D eigenvalue weighted by Crippen LogP contribution is 2.36. The lowest BCUT2D eigenvalue weighted by Crippen LogP contribution is -2.44. The molecule has 5 rings (SSSR count). The number of sulfonamides is 1. The van der Waals surface area contributed by atoms with E-state index in [1.54, 1.807) is 26.0 Å². The average Bonchev–Trinajstić information content (AvgIpc) is 3.36. The van der Waals surface area contributed by atoms with Gasteiger partial charge in [0, 0.05) is 22.4 Å². The first-order valence-corrected chi connectivity index (χ1v) is 12.7. The molecular weight excluding hydrogens is 479 g/mol. The lowest BCUT2D eigenvalue weighted by atomic mass is 10.1. The van der Waals surface area contributed by atoms with Gasteiger partial charge in [-0.05, 0) is 48.4 Å². The van der Waals surface area contributed by atoms with Gasteiger partial charge in [-0.15, -0.1) is 11.3 Å². The van der Waals surface area contributed by atoms with Gasteiger partial charge in [0.15, 0.2) is 0 Å². The van der Waals surface area contributed by atoms with Crippen LogP contribution in [0.25, 0.3) is 42.7 Å². The number of hydrogen-bond donors (Lipinski definition) is 2. The molecule has 0 saturated heterocycles. The van der Waals surface area contributed by atoms with Gasteiger partial charge in [0.25, 0.3) is 0 Å². The van der Waals surface area contributed by atoms with E-state index in [0.29, 0.717) is 21.7 Å².